The lowest BCUT2D eigenvalue weighted by molar-refractivity contribution is 0.198. The van der Waals surface area contributed by atoms with E-state index in [2.05, 4.69) is 61.7 Å². The average Bonchev–Trinajstić information content (AvgIpc) is 2.67. The minimum atomic E-state index is 0.592. The Morgan fingerprint density at radius 1 is 1.08 bits per heavy atom. The fraction of sp³-hybridized carbons (Fsp3) is 0.474. The summed E-state index contributed by atoms with van der Waals surface area (Å²) in [6, 6.07) is 10.3. The third kappa shape index (κ3) is 5.31. The Morgan fingerprint density at radius 3 is 2.58 bits per heavy atom. The molecular weight excluding hydrogens is 328 g/mol. The average molecular weight is 356 g/mol. The van der Waals surface area contributed by atoms with Gasteiger partial charge in [0.1, 0.15) is 5.82 Å². The van der Waals surface area contributed by atoms with Gasteiger partial charge in [-0.25, -0.2) is 4.98 Å². The number of nitrogens with one attached hydrogen (secondary N) is 2. The largest absolute Gasteiger partial charge is 0.385 e. The van der Waals surface area contributed by atoms with Crippen LogP contribution in [0, 0.1) is 0 Å². The van der Waals surface area contributed by atoms with Crippen LogP contribution in [0.5, 0.6) is 0 Å². The van der Waals surface area contributed by atoms with Crippen LogP contribution in [-0.2, 0) is 4.74 Å². The number of likely N-dealkylation sites (N-methyl/N-ethyl adjacent to an activating group) is 1. The Morgan fingerprint density at radius 2 is 1.85 bits per heavy atom. The van der Waals surface area contributed by atoms with Crippen molar-refractivity contribution in [3.05, 3.63) is 36.5 Å². The Hall–Kier alpha value is -2.38. The van der Waals surface area contributed by atoms with Crippen LogP contribution in [0.2, 0.25) is 0 Å². The number of aromatic nitrogens is 2. The maximum Gasteiger partial charge on any atom is 0.229 e. The first-order valence-corrected chi connectivity index (χ1v) is 9.11. The summed E-state index contributed by atoms with van der Waals surface area (Å²) in [6.45, 7) is 5.93. The van der Waals surface area contributed by atoms with E-state index in [0.717, 1.165) is 57.3 Å². The van der Waals surface area contributed by atoms with Crippen LogP contribution in [0.1, 0.15) is 6.42 Å². The van der Waals surface area contributed by atoms with Gasteiger partial charge in [0, 0.05) is 64.0 Å². The second-order valence-electron chi connectivity index (χ2n) is 6.50. The van der Waals surface area contributed by atoms with Crippen LogP contribution < -0.4 is 15.5 Å². The lowest BCUT2D eigenvalue weighted by Gasteiger charge is -2.34. The second kappa shape index (κ2) is 9.35. The van der Waals surface area contributed by atoms with Crippen LogP contribution in [0.15, 0.2) is 36.5 Å². The number of hydrogen-bond acceptors (Lipinski definition) is 7. The van der Waals surface area contributed by atoms with Crippen molar-refractivity contribution in [2.75, 3.05) is 69.0 Å². The Kier molecular flexibility index (Phi) is 6.62. The molecule has 140 valence electrons. The number of ether oxygens (including phenoxy) is 1. The molecule has 1 aromatic heterocycles. The molecule has 0 amide bonds. The summed E-state index contributed by atoms with van der Waals surface area (Å²) < 4.78 is 5.05. The molecule has 0 unspecified atom stereocenters. The first-order valence-electron chi connectivity index (χ1n) is 9.11. The number of methoxy groups -OCH3 is 1. The fourth-order valence-electron chi connectivity index (χ4n) is 2.90. The maximum atomic E-state index is 5.05. The van der Waals surface area contributed by atoms with Gasteiger partial charge in [0.2, 0.25) is 5.95 Å². The predicted octanol–water partition coefficient (Wildman–Crippen LogP) is 2.42. The standard InChI is InChI=1S/C19H28N6O/c1-24-11-13-25(14-12-24)17-6-4-16(5-7-17)22-19-21-10-8-18(23-19)20-9-3-15-26-2/h4-8,10H,3,9,11-15H2,1-2H3,(H2,20,21,22,23). The molecule has 0 radical (unpaired) electrons. The molecule has 1 aromatic carbocycles. The summed E-state index contributed by atoms with van der Waals surface area (Å²) in [5.74, 6) is 1.40. The van der Waals surface area contributed by atoms with Gasteiger partial charge in [-0.15, -0.1) is 0 Å². The van der Waals surface area contributed by atoms with Crippen LogP contribution in [0.3, 0.4) is 0 Å². The van der Waals surface area contributed by atoms with Crippen LogP contribution in [0.25, 0.3) is 0 Å². The summed E-state index contributed by atoms with van der Waals surface area (Å²) in [4.78, 5) is 13.6. The minimum Gasteiger partial charge on any atom is -0.385 e. The summed E-state index contributed by atoms with van der Waals surface area (Å²) in [5.41, 5.74) is 2.25. The highest BCUT2D eigenvalue weighted by molar-refractivity contribution is 5.60. The van der Waals surface area contributed by atoms with E-state index in [4.69, 9.17) is 4.74 Å². The molecular formula is C19H28N6O. The normalized spacial score (nSPS) is 15.1. The molecule has 7 nitrogen and oxygen atoms in total. The zero-order valence-corrected chi connectivity index (χ0v) is 15.6. The number of rotatable bonds is 8. The van der Waals surface area contributed by atoms with Gasteiger partial charge < -0.3 is 25.2 Å². The molecule has 1 aliphatic rings. The van der Waals surface area contributed by atoms with E-state index in [9.17, 15) is 0 Å². The van der Waals surface area contributed by atoms with E-state index in [1.54, 1.807) is 13.3 Å². The van der Waals surface area contributed by atoms with Gasteiger partial charge in [0.05, 0.1) is 0 Å². The number of benzene rings is 1. The SMILES string of the molecule is COCCCNc1ccnc(Nc2ccc(N3CCN(C)CC3)cc2)n1. The maximum absolute atomic E-state index is 5.05. The third-order valence-electron chi connectivity index (χ3n) is 4.48. The van der Waals surface area contributed by atoms with Crippen molar-refractivity contribution in [1.82, 2.24) is 14.9 Å². The fourth-order valence-corrected chi connectivity index (χ4v) is 2.90. The summed E-state index contributed by atoms with van der Waals surface area (Å²) in [7, 11) is 3.88. The van der Waals surface area contributed by atoms with Crippen molar-refractivity contribution >= 4 is 23.1 Å². The molecule has 7 heteroatoms. The van der Waals surface area contributed by atoms with E-state index in [-0.39, 0.29) is 0 Å². The Labute approximate surface area is 155 Å². The summed E-state index contributed by atoms with van der Waals surface area (Å²) in [6.07, 6.45) is 2.70. The van der Waals surface area contributed by atoms with E-state index < -0.39 is 0 Å². The van der Waals surface area contributed by atoms with Crippen molar-refractivity contribution in [3.63, 3.8) is 0 Å². The van der Waals surface area contributed by atoms with E-state index in [0.29, 0.717) is 5.95 Å². The van der Waals surface area contributed by atoms with Crippen molar-refractivity contribution in [1.29, 1.82) is 0 Å². The van der Waals surface area contributed by atoms with Crippen LogP contribution in [-0.4, -0.2) is 68.4 Å². The molecule has 0 spiro atoms. The van der Waals surface area contributed by atoms with Gasteiger partial charge in [-0.2, -0.15) is 4.98 Å². The molecule has 1 fully saturated rings. The molecule has 2 heterocycles. The van der Waals surface area contributed by atoms with Crippen molar-refractivity contribution < 1.29 is 4.74 Å². The zero-order chi connectivity index (χ0) is 18.2. The Balaban J connectivity index is 1.55. The second-order valence-corrected chi connectivity index (χ2v) is 6.50. The topological polar surface area (TPSA) is 65.6 Å². The van der Waals surface area contributed by atoms with Gasteiger partial charge in [-0.1, -0.05) is 0 Å². The number of nitrogens with zero attached hydrogens (tertiary/aromatic N) is 4. The number of anilines is 4. The van der Waals surface area contributed by atoms with Gasteiger partial charge in [0.15, 0.2) is 0 Å². The molecule has 1 aliphatic heterocycles. The molecule has 2 aromatic rings. The highest BCUT2D eigenvalue weighted by Crippen LogP contribution is 2.21. The minimum absolute atomic E-state index is 0.592. The van der Waals surface area contributed by atoms with Gasteiger partial charge in [0.25, 0.3) is 0 Å². The summed E-state index contributed by atoms with van der Waals surface area (Å²) in [5, 5.41) is 6.55. The quantitative estimate of drug-likeness (QED) is 0.704. The molecule has 3 rings (SSSR count). The van der Waals surface area contributed by atoms with Gasteiger partial charge >= 0.3 is 0 Å². The van der Waals surface area contributed by atoms with E-state index in [1.165, 1.54) is 5.69 Å². The molecule has 0 aliphatic carbocycles. The van der Waals surface area contributed by atoms with Gasteiger partial charge in [-0.3, -0.25) is 0 Å². The van der Waals surface area contributed by atoms with Gasteiger partial charge in [-0.05, 0) is 43.8 Å². The zero-order valence-electron chi connectivity index (χ0n) is 15.6. The first-order chi connectivity index (χ1) is 12.7. The number of piperazine rings is 1. The molecule has 0 saturated carbocycles. The number of hydrogen-bond donors (Lipinski definition) is 2. The first kappa shape index (κ1) is 18.4. The Bertz CT molecular complexity index is 670. The predicted molar refractivity (Wildman–Crippen MR) is 106 cm³/mol. The molecule has 0 bridgehead atoms. The molecule has 1 saturated heterocycles. The van der Waals surface area contributed by atoms with E-state index >= 15 is 0 Å². The third-order valence-corrected chi connectivity index (χ3v) is 4.48. The van der Waals surface area contributed by atoms with Crippen molar-refractivity contribution in [2.45, 2.75) is 6.42 Å². The highest BCUT2D eigenvalue weighted by atomic mass is 16.5. The molecule has 2 N–H and O–H groups in total. The monoisotopic (exact) mass is 356 g/mol. The highest BCUT2D eigenvalue weighted by Gasteiger charge is 2.14. The lowest BCUT2D eigenvalue weighted by atomic mass is 10.2. The lowest BCUT2D eigenvalue weighted by Crippen LogP contribution is -2.44. The van der Waals surface area contributed by atoms with Crippen LogP contribution >= 0.6 is 0 Å². The van der Waals surface area contributed by atoms with Crippen molar-refractivity contribution in [2.24, 2.45) is 0 Å². The molecule has 0 atom stereocenters. The van der Waals surface area contributed by atoms with E-state index in [1.807, 2.05) is 6.07 Å². The van der Waals surface area contributed by atoms with Crippen molar-refractivity contribution in [3.8, 4) is 0 Å². The smallest absolute Gasteiger partial charge is 0.229 e. The van der Waals surface area contributed by atoms with Crippen LogP contribution in [0.4, 0.5) is 23.1 Å². The summed E-state index contributed by atoms with van der Waals surface area (Å²) >= 11 is 0. The molecule has 26 heavy (non-hydrogen) atoms.